The van der Waals surface area contributed by atoms with Crippen LogP contribution in [0.2, 0.25) is 0 Å². The van der Waals surface area contributed by atoms with E-state index in [4.69, 9.17) is 4.74 Å². The van der Waals surface area contributed by atoms with Crippen LogP contribution in [0, 0.1) is 5.92 Å². The number of ether oxygens (including phenoxy) is 1. The number of piperidine rings is 1. The molecule has 2 heterocycles. The maximum Gasteiger partial charge on any atom is 0.212 e. The molecule has 17 heavy (non-hydrogen) atoms. The summed E-state index contributed by atoms with van der Waals surface area (Å²) in [5.74, 6) is 2.28. The molecule has 3 nitrogen and oxygen atoms in total. The average molecular weight is 232 g/mol. The third kappa shape index (κ3) is 2.16. The SMILES string of the molecule is COc1ccc(C2CCC3CC2CCN3)cn1. The van der Waals surface area contributed by atoms with Crippen molar-refractivity contribution in [3.63, 3.8) is 0 Å². The van der Waals surface area contributed by atoms with E-state index in [2.05, 4.69) is 16.4 Å². The molecule has 0 aromatic carbocycles. The van der Waals surface area contributed by atoms with E-state index in [9.17, 15) is 0 Å². The van der Waals surface area contributed by atoms with Crippen LogP contribution in [0.4, 0.5) is 0 Å². The summed E-state index contributed by atoms with van der Waals surface area (Å²) in [6, 6.07) is 4.96. The summed E-state index contributed by atoms with van der Waals surface area (Å²) in [4.78, 5) is 4.34. The third-order valence-corrected chi connectivity index (χ3v) is 4.33. The topological polar surface area (TPSA) is 34.1 Å². The largest absolute Gasteiger partial charge is 0.481 e. The van der Waals surface area contributed by atoms with E-state index in [-0.39, 0.29) is 0 Å². The summed E-state index contributed by atoms with van der Waals surface area (Å²) in [5, 5.41) is 3.61. The molecule has 1 aliphatic heterocycles. The molecule has 1 aromatic heterocycles. The number of pyridine rings is 1. The summed E-state index contributed by atoms with van der Waals surface area (Å²) in [6.07, 6.45) is 7.28. The lowest BCUT2D eigenvalue weighted by atomic mass is 9.71. The van der Waals surface area contributed by atoms with Crippen molar-refractivity contribution in [1.29, 1.82) is 0 Å². The Bertz CT molecular complexity index is 376. The summed E-state index contributed by atoms with van der Waals surface area (Å²) in [7, 11) is 1.67. The number of aromatic nitrogens is 1. The Morgan fingerprint density at radius 3 is 3.00 bits per heavy atom. The molecule has 0 radical (unpaired) electrons. The first-order valence-corrected chi connectivity index (χ1v) is 6.60. The fourth-order valence-electron chi connectivity index (χ4n) is 3.41. The first kappa shape index (κ1) is 11.0. The Morgan fingerprint density at radius 1 is 1.29 bits per heavy atom. The van der Waals surface area contributed by atoms with Crippen molar-refractivity contribution in [1.82, 2.24) is 10.3 Å². The summed E-state index contributed by atoms with van der Waals surface area (Å²) >= 11 is 0. The van der Waals surface area contributed by atoms with Crippen LogP contribution in [-0.2, 0) is 0 Å². The molecular weight excluding hydrogens is 212 g/mol. The lowest BCUT2D eigenvalue weighted by Crippen LogP contribution is -2.43. The molecule has 0 spiro atoms. The molecular formula is C14H20N2O. The number of fused-ring (bicyclic) bond motifs is 2. The monoisotopic (exact) mass is 232 g/mol. The smallest absolute Gasteiger partial charge is 0.212 e. The number of rotatable bonds is 2. The lowest BCUT2D eigenvalue weighted by molar-refractivity contribution is 0.194. The molecule has 0 amide bonds. The van der Waals surface area contributed by atoms with Gasteiger partial charge in [0.25, 0.3) is 0 Å². The van der Waals surface area contributed by atoms with Gasteiger partial charge in [-0.2, -0.15) is 0 Å². The van der Waals surface area contributed by atoms with Crippen molar-refractivity contribution >= 4 is 0 Å². The quantitative estimate of drug-likeness (QED) is 0.849. The van der Waals surface area contributed by atoms with Gasteiger partial charge < -0.3 is 10.1 Å². The molecule has 3 atom stereocenters. The van der Waals surface area contributed by atoms with Crippen molar-refractivity contribution in [2.75, 3.05) is 13.7 Å². The molecule has 1 saturated carbocycles. The van der Waals surface area contributed by atoms with Gasteiger partial charge in [-0.05, 0) is 49.6 Å². The number of nitrogens with zero attached hydrogens (tertiary/aromatic N) is 1. The number of hydrogen-bond acceptors (Lipinski definition) is 3. The zero-order valence-electron chi connectivity index (χ0n) is 10.4. The highest BCUT2D eigenvalue weighted by Crippen LogP contribution is 2.41. The second-order valence-electron chi connectivity index (χ2n) is 5.25. The summed E-state index contributed by atoms with van der Waals surface area (Å²) in [6.45, 7) is 1.19. The Kier molecular flexibility index (Phi) is 3.02. The summed E-state index contributed by atoms with van der Waals surface area (Å²) < 4.78 is 5.12. The van der Waals surface area contributed by atoms with Crippen molar-refractivity contribution in [3.05, 3.63) is 23.9 Å². The van der Waals surface area contributed by atoms with Gasteiger partial charge in [-0.25, -0.2) is 4.98 Å². The number of nitrogens with one attached hydrogen (secondary N) is 1. The number of methoxy groups -OCH3 is 1. The highest BCUT2D eigenvalue weighted by Gasteiger charge is 2.33. The predicted molar refractivity (Wildman–Crippen MR) is 67.3 cm³/mol. The van der Waals surface area contributed by atoms with E-state index in [0.29, 0.717) is 11.8 Å². The Morgan fingerprint density at radius 2 is 2.24 bits per heavy atom. The lowest BCUT2D eigenvalue weighted by Gasteiger charge is -2.41. The molecule has 3 heteroatoms. The molecule has 2 aliphatic rings. The normalized spacial score (nSPS) is 32.2. The first-order valence-electron chi connectivity index (χ1n) is 6.60. The Balaban J connectivity index is 1.78. The average Bonchev–Trinajstić information content (AvgIpc) is 2.40. The molecule has 2 fully saturated rings. The molecule has 1 N–H and O–H groups in total. The summed E-state index contributed by atoms with van der Waals surface area (Å²) in [5.41, 5.74) is 1.40. The van der Waals surface area contributed by atoms with Crippen LogP contribution < -0.4 is 10.1 Å². The second-order valence-corrected chi connectivity index (χ2v) is 5.25. The van der Waals surface area contributed by atoms with Gasteiger partial charge in [0.05, 0.1) is 7.11 Å². The molecule has 1 saturated heterocycles. The van der Waals surface area contributed by atoms with Gasteiger partial charge in [0.15, 0.2) is 0 Å². The van der Waals surface area contributed by atoms with Crippen LogP contribution in [0.1, 0.15) is 37.2 Å². The highest BCUT2D eigenvalue weighted by molar-refractivity contribution is 5.23. The molecule has 1 aliphatic carbocycles. The fourth-order valence-corrected chi connectivity index (χ4v) is 3.41. The minimum absolute atomic E-state index is 0.715. The second kappa shape index (κ2) is 4.65. The van der Waals surface area contributed by atoms with Crippen LogP contribution in [-0.4, -0.2) is 24.7 Å². The fraction of sp³-hybridized carbons (Fsp3) is 0.643. The van der Waals surface area contributed by atoms with Crippen LogP contribution in [0.15, 0.2) is 18.3 Å². The van der Waals surface area contributed by atoms with Crippen LogP contribution >= 0.6 is 0 Å². The maximum absolute atomic E-state index is 5.12. The zero-order valence-corrected chi connectivity index (χ0v) is 10.4. The van der Waals surface area contributed by atoms with E-state index < -0.39 is 0 Å². The van der Waals surface area contributed by atoms with E-state index in [1.54, 1.807) is 7.11 Å². The minimum atomic E-state index is 0.715. The predicted octanol–water partition coefficient (Wildman–Crippen LogP) is 2.34. The van der Waals surface area contributed by atoms with Crippen LogP contribution in [0.5, 0.6) is 5.88 Å². The van der Waals surface area contributed by atoms with Gasteiger partial charge in [0, 0.05) is 18.3 Å². The zero-order chi connectivity index (χ0) is 11.7. The first-order chi connectivity index (χ1) is 8.36. The number of hydrogen-bond donors (Lipinski definition) is 1. The van der Waals surface area contributed by atoms with Crippen molar-refractivity contribution < 1.29 is 4.74 Å². The van der Waals surface area contributed by atoms with Gasteiger partial charge in [-0.1, -0.05) is 6.07 Å². The highest BCUT2D eigenvalue weighted by atomic mass is 16.5. The molecule has 3 rings (SSSR count). The standard InChI is InChI=1S/C14H20N2O/c1-17-14-5-2-11(9-16-14)13-4-3-12-8-10(13)6-7-15-12/h2,5,9-10,12-13,15H,3-4,6-8H2,1H3. The van der Waals surface area contributed by atoms with Gasteiger partial charge in [-0.3, -0.25) is 0 Å². The molecule has 2 bridgehead atoms. The Hall–Kier alpha value is -1.09. The van der Waals surface area contributed by atoms with Gasteiger partial charge in [-0.15, -0.1) is 0 Å². The third-order valence-electron chi connectivity index (χ3n) is 4.33. The minimum Gasteiger partial charge on any atom is -0.481 e. The van der Waals surface area contributed by atoms with Crippen LogP contribution in [0.25, 0.3) is 0 Å². The van der Waals surface area contributed by atoms with E-state index in [1.807, 2.05) is 12.3 Å². The van der Waals surface area contributed by atoms with E-state index >= 15 is 0 Å². The van der Waals surface area contributed by atoms with E-state index in [0.717, 1.165) is 12.0 Å². The van der Waals surface area contributed by atoms with Gasteiger partial charge >= 0.3 is 0 Å². The molecule has 1 aromatic rings. The molecule has 3 unspecified atom stereocenters. The van der Waals surface area contributed by atoms with Gasteiger partial charge in [0.1, 0.15) is 0 Å². The maximum atomic E-state index is 5.12. The van der Waals surface area contributed by atoms with Crippen molar-refractivity contribution in [3.8, 4) is 5.88 Å². The van der Waals surface area contributed by atoms with Crippen LogP contribution in [0.3, 0.4) is 0 Å². The van der Waals surface area contributed by atoms with Gasteiger partial charge in [0.2, 0.25) is 5.88 Å². The Labute approximate surface area is 103 Å². The van der Waals surface area contributed by atoms with Crippen molar-refractivity contribution in [2.45, 2.75) is 37.6 Å². The van der Waals surface area contributed by atoms with Crippen molar-refractivity contribution in [2.24, 2.45) is 5.92 Å². The molecule has 92 valence electrons. The van der Waals surface area contributed by atoms with E-state index in [1.165, 1.54) is 37.8 Å².